The van der Waals surface area contributed by atoms with Gasteiger partial charge in [0.2, 0.25) is 0 Å². The molecule has 1 aliphatic carbocycles. The van der Waals surface area contributed by atoms with Crippen molar-refractivity contribution in [3.8, 4) is 0 Å². The van der Waals surface area contributed by atoms with E-state index in [-0.39, 0.29) is 10.8 Å². The summed E-state index contributed by atoms with van der Waals surface area (Å²) in [5.74, 6) is 5.08. The first kappa shape index (κ1) is 17.8. The van der Waals surface area contributed by atoms with Gasteiger partial charge >= 0.3 is 0 Å². The van der Waals surface area contributed by atoms with E-state index < -0.39 is 0 Å². The van der Waals surface area contributed by atoms with Crippen LogP contribution in [-0.4, -0.2) is 43.4 Å². The van der Waals surface area contributed by atoms with Gasteiger partial charge in [-0.25, -0.2) is 5.90 Å². The van der Waals surface area contributed by atoms with E-state index >= 15 is 0 Å². The second kappa shape index (κ2) is 8.10. The minimum Gasteiger partial charge on any atom is -0.396 e. The smallest absolute Gasteiger partial charge is 0.0685 e. The number of rotatable bonds is 4. The third-order valence-corrected chi connectivity index (χ3v) is 4.35. The van der Waals surface area contributed by atoms with E-state index in [0.29, 0.717) is 13.2 Å². The highest BCUT2D eigenvalue weighted by Crippen LogP contribution is 2.62. The van der Waals surface area contributed by atoms with E-state index in [1.165, 1.54) is 6.42 Å². The van der Waals surface area contributed by atoms with Crippen molar-refractivity contribution >= 4 is 0 Å². The number of aliphatic hydroxyl groups excluding tert-OH is 1. The monoisotopic (exact) mass is 260 g/mol. The van der Waals surface area contributed by atoms with E-state index in [2.05, 4.69) is 16.8 Å². The number of hydrogen-bond donors (Lipinski definition) is 2. The lowest BCUT2D eigenvalue weighted by molar-refractivity contribution is -0.0894. The Labute approximate surface area is 112 Å². The quantitative estimate of drug-likeness (QED) is 0.759. The van der Waals surface area contributed by atoms with Crippen LogP contribution in [0.1, 0.15) is 47.0 Å². The number of nitrogens with two attached hydrogens (primary N) is 1. The van der Waals surface area contributed by atoms with Crippen LogP contribution in [0.3, 0.4) is 0 Å². The van der Waals surface area contributed by atoms with Crippen molar-refractivity contribution in [3.63, 3.8) is 0 Å². The summed E-state index contributed by atoms with van der Waals surface area (Å²) in [5.41, 5.74) is 0.413. The Bertz CT molecular complexity index is 222. The van der Waals surface area contributed by atoms with Gasteiger partial charge in [-0.3, -0.25) is 0 Å². The van der Waals surface area contributed by atoms with Crippen LogP contribution < -0.4 is 5.90 Å². The van der Waals surface area contributed by atoms with Crippen LogP contribution in [0.5, 0.6) is 0 Å². The molecule has 1 aliphatic heterocycles. The summed E-state index contributed by atoms with van der Waals surface area (Å²) < 4.78 is 0. The Morgan fingerprint density at radius 3 is 2.00 bits per heavy atom. The largest absolute Gasteiger partial charge is 0.396 e. The normalized spacial score (nSPS) is 33.5. The molecule has 3 N–H and O–H groups in total. The molecule has 1 saturated heterocycles. The Hall–Kier alpha value is -0.160. The molecular weight excluding hydrogens is 228 g/mol. The second-order valence-corrected chi connectivity index (χ2v) is 5.01. The van der Waals surface area contributed by atoms with Crippen molar-refractivity contribution in [2.75, 3.05) is 33.4 Å². The molecule has 4 nitrogen and oxygen atoms in total. The summed E-state index contributed by atoms with van der Waals surface area (Å²) in [6.45, 7) is 11.0. The van der Waals surface area contributed by atoms with Crippen molar-refractivity contribution in [3.05, 3.63) is 0 Å². The average molecular weight is 260 g/mol. The third kappa shape index (κ3) is 3.05. The Morgan fingerprint density at radius 1 is 1.11 bits per heavy atom. The summed E-state index contributed by atoms with van der Waals surface area (Å²) in [4.78, 5) is 6.99. The lowest BCUT2D eigenvalue weighted by Gasteiger charge is -2.54. The highest BCUT2D eigenvalue weighted by atomic mass is 16.6. The van der Waals surface area contributed by atoms with Gasteiger partial charge in [0, 0.05) is 18.5 Å². The van der Waals surface area contributed by atoms with E-state index in [1.54, 1.807) is 0 Å². The van der Waals surface area contributed by atoms with Crippen molar-refractivity contribution in [1.82, 2.24) is 4.90 Å². The summed E-state index contributed by atoms with van der Waals surface area (Å²) in [5, 5.41) is 9.53. The van der Waals surface area contributed by atoms with Crippen molar-refractivity contribution in [1.29, 1.82) is 0 Å². The fourth-order valence-electron chi connectivity index (χ4n) is 3.44. The molecule has 0 spiro atoms. The minimum absolute atomic E-state index is 0.139. The van der Waals surface area contributed by atoms with Crippen LogP contribution in [0.2, 0.25) is 0 Å². The molecule has 4 heteroatoms. The van der Waals surface area contributed by atoms with Gasteiger partial charge in [-0.05, 0) is 31.7 Å². The fraction of sp³-hybridized carbons (Fsp3) is 1.00. The molecule has 1 heterocycles. The molecule has 2 aliphatic rings. The molecule has 0 bridgehead atoms. The van der Waals surface area contributed by atoms with E-state index in [9.17, 15) is 5.11 Å². The van der Waals surface area contributed by atoms with Crippen LogP contribution in [-0.2, 0) is 4.84 Å². The molecule has 0 aromatic carbocycles. The molecule has 2 fully saturated rings. The molecule has 0 amide bonds. The zero-order chi connectivity index (χ0) is 14.2. The SMILES string of the molecule is CC.CC.CN1CC2(CO)CCC2(CCON)C1. The molecular formula is C14H32N2O2. The molecule has 2 atom stereocenters. The Kier molecular flexibility index (Phi) is 8.03. The molecule has 1 saturated carbocycles. The topological polar surface area (TPSA) is 58.7 Å². The molecule has 18 heavy (non-hydrogen) atoms. The highest BCUT2D eigenvalue weighted by Gasteiger charge is 2.62. The lowest BCUT2D eigenvalue weighted by Crippen LogP contribution is -2.53. The molecule has 0 aromatic heterocycles. The minimum atomic E-state index is 0.139. The zero-order valence-electron chi connectivity index (χ0n) is 12.8. The second-order valence-electron chi connectivity index (χ2n) is 5.01. The molecule has 2 unspecified atom stereocenters. The molecule has 0 aromatic rings. The number of nitrogens with zero attached hydrogens (tertiary/aromatic N) is 1. The average Bonchev–Trinajstić information content (AvgIpc) is 2.61. The molecule has 110 valence electrons. The summed E-state index contributed by atoms with van der Waals surface area (Å²) in [6, 6.07) is 0. The van der Waals surface area contributed by atoms with Crippen molar-refractivity contribution in [2.24, 2.45) is 16.7 Å². The third-order valence-electron chi connectivity index (χ3n) is 4.35. The van der Waals surface area contributed by atoms with Crippen LogP contribution in [0, 0.1) is 10.8 Å². The van der Waals surface area contributed by atoms with Gasteiger partial charge in [-0.15, -0.1) is 0 Å². The predicted molar refractivity (Wildman–Crippen MR) is 76.1 cm³/mol. The number of likely N-dealkylation sites (tertiary alicyclic amines) is 1. The molecule has 2 rings (SSSR count). The number of aliphatic hydroxyl groups is 1. The highest BCUT2D eigenvalue weighted by molar-refractivity contribution is 5.13. The summed E-state index contributed by atoms with van der Waals surface area (Å²) in [6.07, 6.45) is 3.34. The van der Waals surface area contributed by atoms with E-state index in [0.717, 1.165) is 25.9 Å². The Balaban J connectivity index is 0.000000659. The van der Waals surface area contributed by atoms with Gasteiger partial charge in [-0.1, -0.05) is 27.7 Å². The van der Waals surface area contributed by atoms with Crippen LogP contribution >= 0.6 is 0 Å². The first-order valence-corrected chi connectivity index (χ1v) is 7.29. The van der Waals surface area contributed by atoms with Crippen LogP contribution in [0.25, 0.3) is 0 Å². The number of hydrogen-bond acceptors (Lipinski definition) is 4. The zero-order valence-corrected chi connectivity index (χ0v) is 12.8. The Morgan fingerprint density at radius 2 is 1.61 bits per heavy atom. The maximum Gasteiger partial charge on any atom is 0.0685 e. The van der Waals surface area contributed by atoms with Crippen molar-refractivity contribution in [2.45, 2.75) is 47.0 Å². The van der Waals surface area contributed by atoms with E-state index in [1.807, 2.05) is 27.7 Å². The van der Waals surface area contributed by atoms with Gasteiger partial charge in [0.05, 0.1) is 13.2 Å². The van der Waals surface area contributed by atoms with Gasteiger partial charge in [0.25, 0.3) is 0 Å². The van der Waals surface area contributed by atoms with Gasteiger partial charge < -0.3 is 14.8 Å². The van der Waals surface area contributed by atoms with Gasteiger partial charge in [0.1, 0.15) is 0 Å². The molecule has 0 radical (unpaired) electrons. The fourth-order valence-corrected chi connectivity index (χ4v) is 3.44. The van der Waals surface area contributed by atoms with Gasteiger partial charge in [0.15, 0.2) is 0 Å². The summed E-state index contributed by atoms with van der Waals surface area (Å²) >= 11 is 0. The number of fused-ring (bicyclic) bond motifs is 1. The predicted octanol–water partition coefficient (Wildman–Crippen LogP) is 2.02. The van der Waals surface area contributed by atoms with Gasteiger partial charge in [-0.2, -0.15) is 0 Å². The maximum absolute atomic E-state index is 9.53. The first-order chi connectivity index (χ1) is 8.68. The maximum atomic E-state index is 9.53. The first-order valence-electron chi connectivity index (χ1n) is 7.29. The van der Waals surface area contributed by atoms with Crippen molar-refractivity contribution < 1.29 is 9.94 Å². The summed E-state index contributed by atoms with van der Waals surface area (Å²) in [7, 11) is 2.13. The standard InChI is InChI=1S/C10H20N2O2.2C2H6/c1-12-6-9(4-5-14-11)2-3-10(9,7-12)8-13;2*1-2/h13H,2-8,11H2,1H3;2*1-2H3. The van der Waals surface area contributed by atoms with E-state index in [4.69, 9.17) is 5.90 Å². The van der Waals surface area contributed by atoms with Crippen LogP contribution in [0.4, 0.5) is 0 Å². The lowest BCUT2D eigenvalue weighted by atomic mass is 9.50. The van der Waals surface area contributed by atoms with Crippen LogP contribution in [0.15, 0.2) is 0 Å².